The molecular weight excluding hydrogens is 360 g/mol. The molecule has 3 heterocycles. The van der Waals surface area contributed by atoms with Crippen LogP contribution < -0.4 is 10.1 Å². The number of aromatic nitrogens is 3. The zero-order valence-corrected chi connectivity index (χ0v) is 15.8. The molecule has 7 heteroatoms. The first-order valence-corrected chi connectivity index (χ1v) is 9.48. The van der Waals surface area contributed by atoms with Gasteiger partial charge in [-0.15, -0.1) is 11.3 Å². The number of anilines is 1. The molecule has 6 nitrogen and oxygen atoms in total. The Balaban J connectivity index is 1.63. The number of thiazole rings is 1. The van der Waals surface area contributed by atoms with Gasteiger partial charge in [-0.2, -0.15) is 0 Å². The van der Waals surface area contributed by atoms with Crippen molar-refractivity contribution >= 4 is 28.0 Å². The van der Waals surface area contributed by atoms with Crippen LogP contribution in [0.25, 0.3) is 16.9 Å². The third-order valence-corrected chi connectivity index (χ3v) is 4.86. The van der Waals surface area contributed by atoms with Gasteiger partial charge in [0.1, 0.15) is 5.69 Å². The standard InChI is InChI=1S/C20H18N4O2S/c1-3-26-16-10-7-11-24-17(13(2)21-18(16)24)19(25)23-20-22-15(12-27-20)14-8-5-4-6-9-14/h4-12H,3H2,1-2H3,(H,22,23,25). The second-order valence-electron chi connectivity index (χ2n) is 5.90. The number of nitrogens with one attached hydrogen (secondary N) is 1. The molecule has 0 aliphatic carbocycles. The van der Waals surface area contributed by atoms with Gasteiger partial charge in [-0.1, -0.05) is 30.3 Å². The highest BCUT2D eigenvalue weighted by atomic mass is 32.1. The predicted octanol–water partition coefficient (Wildman–Crippen LogP) is 4.42. The molecule has 0 aliphatic heterocycles. The summed E-state index contributed by atoms with van der Waals surface area (Å²) >= 11 is 1.40. The van der Waals surface area contributed by atoms with Crippen molar-refractivity contribution in [2.24, 2.45) is 0 Å². The predicted molar refractivity (Wildman–Crippen MR) is 107 cm³/mol. The zero-order chi connectivity index (χ0) is 18.8. The van der Waals surface area contributed by atoms with Crippen molar-refractivity contribution in [3.63, 3.8) is 0 Å². The number of aryl methyl sites for hydroxylation is 1. The maximum atomic E-state index is 12.9. The molecular formula is C20H18N4O2S. The highest BCUT2D eigenvalue weighted by Crippen LogP contribution is 2.26. The van der Waals surface area contributed by atoms with Crippen LogP contribution in [0.4, 0.5) is 5.13 Å². The van der Waals surface area contributed by atoms with E-state index in [4.69, 9.17) is 4.74 Å². The van der Waals surface area contributed by atoms with Gasteiger partial charge in [0.15, 0.2) is 16.5 Å². The number of carbonyl (C=O) groups is 1. The van der Waals surface area contributed by atoms with E-state index in [0.717, 1.165) is 11.3 Å². The number of hydrogen-bond donors (Lipinski definition) is 1. The van der Waals surface area contributed by atoms with Crippen LogP contribution in [0, 0.1) is 6.92 Å². The summed E-state index contributed by atoms with van der Waals surface area (Å²) in [6, 6.07) is 13.6. The number of imidazole rings is 1. The summed E-state index contributed by atoms with van der Waals surface area (Å²) in [5.41, 5.74) is 3.60. The average molecular weight is 378 g/mol. The summed E-state index contributed by atoms with van der Waals surface area (Å²) in [6.07, 6.45) is 1.81. The van der Waals surface area contributed by atoms with E-state index in [2.05, 4.69) is 15.3 Å². The van der Waals surface area contributed by atoms with E-state index in [1.807, 2.05) is 67.9 Å². The van der Waals surface area contributed by atoms with E-state index in [9.17, 15) is 4.79 Å². The second kappa shape index (κ2) is 7.20. The van der Waals surface area contributed by atoms with E-state index in [1.165, 1.54) is 11.3 Å². The second-order valence-corrected chi connectivity index (χ2v) is 6.76. The highest BCUT2D eigenvalue weighted by Gasteiger charge is 2.20. The quantitative estimate of drug-likeness (QED) is 0.558. The molecule has 0 bridgehead atoms. The van der Waals surface area contributed by atoms with Gasteiger partial charge in [0.2, 0.25) is 0 Å². The van der Waals surface area contributed by atoms with Crippen LogP contribution in [-0.2, 0) is 0 Å². The number of rotatable bonds is 5. The Hall–Kier alpha value is -3.19. The highest BCUT2D eigenvalue weighted by molar-refractivity contribution is 7.14. The van der Waals surface area contributed by atoms with Crippen LogP contribution in [0.5, 0.6) is 5.75 Å². The molecule has 4 rings (SSSR count). The molecule has 1 N–H and O–H groups in total. The Morgan fingerprint density at radius 1 is 1.19 bits per heavy atom. The summed E-state index contributed by atoms with van der Waals surface area (Å²) in [6.45, 7) is 4.27. The molecule has 0 atom stereocenters. The van der Waals surface area contributed by atoms with Crippen LogP contribution in [0.3, 0.4) is 0 Å². The molecule has 0 radical (unpaired) electrons. The fourth-order valence-electron chi connectivity index (χ4n) is 2.93. The maximum absolute atomic E-state index is 12.9. The van der Waals surface area contributed by atoms with E-state index < -0.39 is 0 Å². The number of fused-ring (bicyclic) bond motifs is 1. The number of amides is 1. The minimum absolute atomic E-state index is 0.248. The first-order valence-electron chi connectivity index (χ1n) is 8.60. The van der Waals surface area contributed by atoms with Crippen LogP contribution in [0.2, 0.25) is 0 Å². The van der Waals surface area contributed by atoms with Crippen molar-refractivity contribution in [1.82, 2.24) is 14.4 Å². The lowest BCUT2D eigenvalue weighted by Gasteiger charge is -2.06. The Morgan fingerprint density at radius 3 is 2.78 bits per heavy atom. The average Bonchev–Trinajstić information content (AvgIpc) is 3.27. The summed E-state index contributed by atoms with van der Waals surface area (Å²) in [5.74, 6) is 0.408. The van der Waals surface area contributed by atoms with E-state index in [0.29, 0.717) is 34.5 Å². The van der Waals surface area contributed by atoms with Gasteiger partial charge in [0.05, 0.1) is 18.0 Å². The topological polar surface area (TPSA) is 68.5 Å². The largest absolute Gasteiger partial charge is 0.490 e. The van der Waals surface area contributed by atoms with Gasteiger partial charge in [0.25, 0.3) is 5.91 Å². The molecule has 3 aromatic heterocycles. The summed E-state index contributed by atoms with van der Waals surface area (Å²) in [4.78, 5) is 21.9. The molecule has 0 aliphatic rings. The van der Waals surface area contributed by atoms with Gasteiger partial charge in [-0.05, 0) is 26.0 Å². The lowest BCUT2D eigenvalue weighted by atomic mass is 10.2. The molecule has 1 amide bonds. The van der Waals surface area contributed by atoms with Crippen LogP contribution in [-0.4, -0.2) is 26.9 Å². The first-order chi connectivity index (χ1) is 13.2. The zero-order valence-electron chi connectivity index (χ0n) is 15.0. The van der Waals surface area contributed by atoms with Gasteiger partial charge < -0.3 is 4.74 Å². The molecule has 27 heavy (non-hydrogen) atoms. The normalized spacial score (nSPS) is 10.9. The molecule has 0 spiro atoms. The Labute approximate surface area is 160 Å². The molecule has 0 unspecified atom stereocenters. The monoisotopic (exact) mass is 378 g/mol. The Morgan fingerprint density at radius 2 is 2.00 bits per heavy atom. The van der Waals surface area contributed by atoms with Crippen LogP contribution >= 0.6 is 11.3 Å². The van der Waals surface area contributed by atoms with Crippen LogP contribution in [0.1, 0.15) is 23.1 Å². The first kappa shape index (κ1) is 17.2. The molecule has 1 aromatic carbocycles. The molecule has 4 aromatic rings. The van der Waals surface area contributed by atoms with Gasteiger partial charge >= 0.3 is 0 Å². The van der Waals surface area contributed by atoms with Crippen molar-refractivity contribution in [2.75, 3.05) is 11.9 Å². The van der Waals surface area contributed by atoms with Crippen LogP contribution in [0.15, 0.2) is 54.0 Å². The van der Waals surface area contributed by atoms with Gasteiger partial charge in [-0.25, -0.2) is 9.97 Å². The lowest BCUT2D eigenvalue weighted by Crippen LogP contribution is -2.15. The fourth-order valence-corrected chi connectivity index (χ4v) is 3.64. The van der Waals surface area contributed by atoms with Gasteiger partial charge in [0, 0.05) is 17.1 Å². The molecule has 0 saturated heterocycles. The lowest BCUT2D eigenvalue weighted by molar-refractivity contribution is 0.102. The molecule has 0 fully saturated rings. The third-order valence-electron chi connectivity index (χ3n) is 4.10. The summed E-state index contributed by atoms with van der Waals surface area (Å²) in [7, 11) is 0. The number of ether oxygens (including phenoxy) is 1. The molecule has 136 valence electrons. The smallest absolute Gasteiger partial charge is 0.276 e. The van der Waals surface area contributed by atoms with E-state index in [-0.39, 0.29) is 5.91 Å². The van der Waals surface area contributed by atoms with E-state index in [1.54, 1.807) is 4.40 Å². The van der Waals surface area contributed by atoms with Gasteiger partial charge in [-0.3, -0.25) is 14.5 Å². The summed E-state index contributed by atoms with van der Waals surface area (Å²) < 4.78 is 7.36. The number of pyridine rings is 1. The minimum Gasteiger partial charge on any atom is -0.490 e. The summed E-state index contributed by atoms with van der Waals surface area (Å²) in [5, 5.41) is 5.37. The number of hydrogen-bond acceptors (Lipinski definition) is 5. The van der Waals surface area contributed by atoms with Crippen molar-refractivity contribution in [3.8, 4) is 17.0 Å². The van der Waals surface area contributed by atoms with Crippen molar-refractivity contribution < 1.29 is 9.53 Å². The van der Waals surface area contributed by atoms with Crippen molar-refractivity contribution in [2.45, 2.75) is 13.8 Å². The van der Waals surface area contributed by atoms with Crippen molar-refractivity contribution in [1.29, 1.82) is 0 Å². The third kappa shape index (κ3) is 3.29. The number of benzene rings is 1. The fraction of sp³-hybridized carbons (Fsp3) is 0.150. The SMILES string of the molecule is CCOc1cccn2c(C(=O)Nc3nc(-c4ccccc4)cs3)c(C)nc12. The maximum Gasteiger partial charge on any atom is 0.276 e. The molecule has 0 saturated carbocycles. The Bertz CT molecular complexity index is 1100. The van der Waals surface area contributed by atoms with E-state index >= 15 is 0 Å². The number of carbonyl (C=O) groups excluding carboxylic acids is 1. The minimum atomic E-state index is -0.248. The van der Waals surface area contributed by atoms with Crippen molar-refractivity contribution in [3.05, 3.63) is 65.4 Å². The Kier molecular flexibility index (Phi) is 4.60. The number of nitrogens with zero attached hydrogens (tertiary/aromatic N) is 3.